The first-order chi connectivity index (χ1) is 13.0. The number of nitrogens with two attached hydrogens (primary N) is 1. The van der Waals surface area contributed by atoms with Crippen LogP contribution in [0.3, 0.4) is 0 Å². The highest BCUT2D eigenvalue weighted by Crippen LogP contribution is 2.21. The summed E-state index contributed by atoms with van der Waals surface area (Å²) in [4.78, 5) is 26.4. The zero-order valence-corrected chi connectivity index (χ0v) is 16.6. The second-order valence-electron chi connectivity index (χ2n) is 7.53. The van der Waals surface area contributed by atoms with E-state index in [0.29, 0.717) is 6.04 Å². The molecule has 0 aliphatic heterocycles. The van der Waals surface area contributed by atoms with E-state index < -0.39 is 6.04 Å². The van der Waals surface area contributed by atoms with Crippen molar-refractivity contribution < 1.29 is 9.59 Å². The quantitative estimate of drug-likeness (QED) is 0.690. The van der Waals surface area contributed by atoms with Crippen LogP contribution in [0.15, 0.2) is 42.5 Å². The molecule has 2 unspecified atom stereocenters. The van der Waals surface area contributed by atoms with Crippen molar-refractivity contribution in [3.8, 4) is 0 Å². The topological polar surface area (TPSA) is 75.4 Å². The van der Waals surface area contributed by atoms with Gasteiger partial charge in [-0.2, -0.15) is 0 Å². The molecule has 0 heterocycles. The van der Waals surface area contributed by atoms with Crippen molar-refractivity contribution in [2.24, 2.45) is 5.73 Å². The first-order valence-electron chi connectivity index (χ1n) is 10.0. The lowest BCUT2D eigenvalue weighted by atomic mass is 9.94. The van der Waals surface area contributed by atoms with E-state index in [4.69, 9.17) is 5.73 Å². The Balaban J connectivity index is 1.97. The minimum absolute atomic E-state index is 0.00153. The molecule has 5 heteroatoms. The van der Waals surface area contributed by atoms with Gasteiger partial charge in [0.1, 0.15) is 0 Å². The minimum atomic E-state index is -0.571. The second kappa shape index (κ2) is 10.9. The molecule has 1 fully saturated rings. The molecule has 0 saturated heterocycles. The Hall–Kier alpha value is -2.14. The average Bonchev–Trinajstić information content (AvgIpc) is 2.70. The number of likely N-dealkylation sites (N-methyl/N-ethyl adjacent to an activating group) is 1. The summed E-state index contributed by atoms with van der Waals surface area (Å²) in [5, 5.41) is 2.94. The van der Waals surface area contributed by atoms with Crippen LogP contribution < -0.4 is 11.1 Å². The summed E-state index contributed by atoms with van der Waals surface area (Å²) in [5.74, 6) is -0.201. The molecule has 5 nitrogen and oxygen atoms in total. The lowest BCUT2D eigenvalue weighted by Gasteiger charge is -2.30. The molecule has 2 rings (SSSR count). The number of rotatable bonds is 8. The number of nitrogens with one attached hydrogen (secondary N) is 1. The third-order valence-electron chi connectivity index (χ3n) is 5.27. The molecule has 2 atom stereocenters. The van der Waals surface area contributed by atoms with E-state index in [1.807, 2.05) is 36.2 Å². The standard InChI is InChI=1S/C22H33N3O2/c1-17(23)22(27)24-19(14-13-18-9-5-3-6-10-18)15-16-21(26)25(2)20-11-7-4-8-12-20/h3,5-6,9-10,15-17,19-20H,4,7-8,11-14,23H2,1-2H3,(H,24,27). The maximum Gasteiger partial charge on any atom is 0.246 e. The van der Waals surface area contributed by atoms with Gasteiger partial charge in [0.15, 0.2) is 0 Å². The van der Waals surface area contributed by atoms with Gasteiger partial charge in [-0.25, -0.2) is 0 Å². The fraction of sp³-hybridized carbons (Fsp3) is 0.545. The van der Waals surface area contributed by atoms with Gasteiger partial charge >= 0.3 is 0 Å². The summed E-state index contributed by atoms with van der Waals surface area (Å²) in [6.07, 6.45) is 10.8. The van der Waals surface area contributed by atoms with Crippen molar-refractivity contribution in [2.45, 2.75) is 70.0 Å². The van der Waals surface area contributed by atoms with Gasteiger partial charge in [-0.1, -0.05) is 55.7 Å². The fourth-order valence-corrected chi connectivity index (χ4v) is 3.46. The fourth-order valence-electron chi connectivity index (χ4n) is 3.46. The molecule has 27 heavy (non-hydrogen) atoms. The molecule has 0 aromatic heterocycles. The van der Waals surface area contributed by atoms with E-state index in [1.54, 1.807) is 13.0 Å². The van der Waals surface area contributed by atoms with Gasteiger partial charge in [0, 0.05) is 25.2 Å². The largest absolute Gasteiger partial charge is 0.349 e. The van der Waals surface area contributed by atoms with Crippen molar-refractivity contribution in [1.82, 2.24) is 10.2 Å². The summed E-state index contributed by atoms with van der Waals surface area (Å²) < 4.78 is 0. The highest BCUT2D eigenvalue weighted by Gasteiger charge is 2.21. The van der Waals surface area contributed by atoms with Gasteiger partial charge in [0.25, 0.3) is 0 Å². The number of nitrogens with zero attached hydrogens (tertiary/aromatic N) is 1. The lowest BCUT2D eigenvalue weighted by molar-refractivity contribution is -0.127. The van der Waals surface area contributed by atoms with E-state index in [-0.39, 0.29) is 17.9 Å². The summed E-state index contributed by atoms with van der Waals surface area (Å²) in [6.45, 7) is 1.66. The Morgan fingerprint density at radius 3 is 2.52 bits per heavy atom. The van der Waals surface area contributed by atoms with Gasteiger partial charge in [-0.3, -0.25) is 9.59 Å². The van der Waals surface area contributed by atoms with Gasteiger partial charge in [0.2, 0.25) is 11.8 Å². The lowest BCUT2D eigenvalue weighted by Crippen LogP contribution is -2.43. The van der Waals surface area contributed by atoms with Crippen molar-refractivity contribution in [3.05, 3.63) is 48.0 Å². The Morgan fingerprint density at radius 2 is 1.89 bits per heavy atom. The molecule has 1 aliphatic carbocycles. The number of benzene rings is 1. The molecule has 0 spiro atoms. The van der Waals surface area contributed by atoms with E-state index >= 15 is 0 Å². The summed E-state index contributed by atoms with van der Waals surface area (Å²) >= 11 is 0. The average molecular weight is 372 g/mol. The summed E-state index contributed by atoms with van der Waals surface area (Å²) in [5.41, 5.74) is 6.89. The van der Waals surface area contributed by atoms with Crippen LogP contribution in [-0.4, -0.2) is 41.9 Å². The predicted octanol–water partition coefficient (Wildman–Crippen LogP) is 2.80. The number of amides is 2. The van der Waals surface area contributed by atoms with Gasteiger partial charge in [-0.15, -0.1) is 0 Å². The number of aryl methyl sites for hydroxylation is 1. The zero-order valence-electron chi connectivity index (χ0n) is 16.6. The first kappa shape index (κ1) is 21.2. The van der Waals surface area contributed by atoms with Crippen molar-refractivity contribution in [2.75, 3.05) is 7.05 Å². The molecular formula is C22H33N3O2. The van der Waals surface area contributed by atoms with Crippen LogP contribution in [-0.2, 0) is 16.0 Å². The van der Waals surface area contributed by atoms with Crippen LogP contribution in [0.25, 0.3) is 0 Å². The Morgan fingerprint density at radius 1 is 1.22 bits per heavy atom. The molecule has 148 valence electrons. The minimum Gasteiger partial charge on any atom is -0.349 e. The zero-order chi connectivity index (χ0) is 19.6. The van der Waals surface area contributed by atoms with Gasteiger partial charge in [0.05, 0.1) is 6.04 Å². The summed E-state index contributed by atoms with van der Waals surface area (Å²) in [7, 11) is 1.88. The third-order valence-corrected chi connectivity index (χ3v) is 5.27. The molecule has 1 aliphatic rings. The van der Waals surface area contributed by atoms with E-state index in [9.17, 15) is 9.59 Å². The Labute approximate surface area is 163 Å². The monoisotopic (exact) mass is 371 g/mol. The van der Waals surface area contributed by atoms with Crippen LogP contribution in [0.2, 0.25) is 0 Å². The third kappa shape index (κ3) is 7.18. The molecule has 1 saturated carbocycles. The molecule has 2 amide bonds. The van der Waals surface area contributed by atoms with Crippen molar-refractivity contribution in [3.63, 3.8) is 0 Å². The van der Waals surface area contributed by atoms with E-state index in [1.165, 1.54) is 24.8 Å². The van der Waals surface area contributed by atoms with Gasteiger partial charge < -0.3 is 16.0 Å². The van der Waals surface area contributed by atoms with Crippen LogP contribution in [0, 0.1) is 0 Å². The number of hydrogen-bond acceptors (Lipinski definition) is 3. The molecule has 0 radical (unpaired) electrons. The molecule has 3 N–H and O–H groups in total. The first-order valence-corrected chi connectivity index (χ1v) is 10.0. The van der Waals surface area contributed by atoms with Crippen molar-refractivity contribution >= 4 is 11.8 Å². The van der Waals surface area contributed by atoms with E-state index in [0.717, 1.165) is 25.7 Å². The van der Waals surface area contributed by atoms with E-state index in [2.05, 4.69) is 17.4 Å². The van der Waals surface area contributed by atoms with Crippen LogP contribution in [0.1, 0.15) is 51.0 Å². The highest BCUT2D eigenvalue weighted by molar-refractivity contribution is 5.88. The maximum absolute atomic E-state index is 12.5. The number of hydrogen-bond donors (Lipinski definition) is 2. The Kier molecular flexibility index (Phi) is 8.52. The smallest absolute Gasteiger partial charge is 0.246 e. The predicted molar refractivity (Wildman–Crippen MR) is 109 cm³/mol. The molecule has 1 aromatic carbocycles. The van der Waals surface area contributed by atoms with Crippen LogP contribution in [0.5, 0.6) is 0 Å². The second-order valence-corrected chi connectivity index (χ2v) is 7.53. The molecule has 0 bridgehead atoms. The Bertz CT molecular complexity index is 622. The molecular weight excluding hydrogens is 338 g/mol. The van der Waals surface area contributed by atoms with Gasteiger partial charge in [-0.05, 0) is 38.2 Å². The highest BCUT2D eigenvalue weighted by atomic mass is 16.2. The maximum atomic E-state index is 12.5. The van der Waals surface area contributed by atoms with Crippen molar-refractivity contribution in [1.29, 1.82) is 0 Å². The van der Waals surface area contributed by atoms with Crippen LogP contribution >= 0.6 is 0 Å². The number of carbonyl (C=O) groups is 2. The van der Waals surface area contributed by atoms with Crippen LogP contribution in [0.4, 0.5) is 0 Å². The number of carbonyl (C=O) groups excluding carboxylic acids is 2. The summed E-state index contributed by atoms with van der Waals surface area (Å²) in [6, 6.07) is 9.67. The normalized spacial score (nSPS) is 17.4. The SMILES string of the molecule is CC(N)C(=O)NC(C=CC(=O)N(C)C1CCCCC1)CCc1ccccc1. The molecule has 1 aromatic rings.